The van der Waals surface area contributed by atoms with Gasteiger partial charge in [0.05, 0.1) is 18.2 Å². The predicted molar refractivity (Wildman–Crippen MR) is 52.3 cm³/mol. The van der Waals surface area contributed by atoms with Crippen molar-refractivity contribution in [2.75, 3.05) is 6.54 Å². The lowest BCUT2D eigenvalue weighted by molar-refractivity contribution is 0.0894. The minimum absolute atomic E-state index is 0.222. The van der Waals surface area contributed by atoms with E-state index >= 15 is 0 Å². The minimum Gasteiger partial charge on any atom is -0.375 e. The Balaban J connectivity index is 1.97. The van der Waals surface area contributed by atoms with Crippen LogP contribution in [0.25, 0.3) is 0 Å². The molecule has 4 unspecified atom stereocenters. The van der Waals surface area contributed by atoms with Crippen LogP contribution in [0.15, 0.2) is 0 Å². The Bertz CT molecular complexity index is 221. The lowest BCUT2D eigenvalue weighted by atomic mass is 9.84. The van der Waals surface area contributed by atoms with E-state index in [4.69, 9.17) is 11.2 Å². The fourth-order valence-corrected chi connectivity index (χ4v) is 2.58. The van der Waals surface area contributed by atoms with Gasteiger partial charge in [0.2, 0.25) is 0 Å². The maximum absolute atomic E-state index is 5.78. The van der Waals surface area contributed by atoms with Crippen LogP contribution in [0, 0.1) is 18.3 Å². The number of ether oxygens (including phenoxy) is 1. The number of terminal acetylenes is 1. The van der Waals surface area contributed by atoms with Gasteiger partial charge in [-0.15, -0.1) is 6.42 Å². The third kappa shape index (κ3) is 1.59. The number of hydrogen-bond donors (Lipinski definition) is 1. The molecule has 2 heterocycles. The highest BCUT2D eigenvalue weighted by Crippen LogP contribution is 2.40. The molecule has 0 saturated carbocycles. The van der Waals surface area contributed by atoms with Crippen molar-refractivity contribution < 1.29 is 4.74 Å². The first-order valence-corrected chi connectivity index (χ1v) is 5.20. The summed E-state index contributed by atoms with van der Waals surface area (Å²) < 4.78 is 5.78. The Morgan fingerprint density at radius 2 is 2.46 bits per heavy atom. The molecule has 0 aromatic heterocycles. The summed E-state index contributed by atoms with van der Waals surface area (Å²) >= 11 is 0. The quantitative estimate of drug-likeness (QED) is 0.657. The molecule has 2 nitrogen and oxygen atoms in total. The lowest BCUT2D eigenvalue weighted by Crippen LogP contribution is -2.39. The summed E-state index contributed by atoms with van der Waals surface area (Å²) in [5, 5.41) is 3.34. The molecule has 2 rings (SSSR count). The molecule has 1 N–H and O–H groups in total. The third-order valence-electron chi connectivity index (χ3n) is 3.18. The van der Waals surface area contributed by atoms with Crippen molar-refractivity contribution in [2.45, 2.75) is 44.4 Å². The zero-order chi connectivity index (χ0) is 9.26. The van der Waals surface area contributed by atoms with Crippen molar-refractivity contribution in [1.29, 1.82) is 0 Å². The van der Waals surface area contributed by atoms with Gasteiger partial charge in [0, 0.05) is 5.92 Å². The highest BCUT2D eigenvalue weighted by molar-refractivity contribution is 5.07. The Labute approximate surface area is 80.0 Å². The number of fused-ring (bicyclic) bond motifs is 2. The first-order chi connectivity index (χ1) is 6.35. The van der Waals surface area contributed by atoms with Crippen molar-refractivity contribution in [3.8, 4) is 12.3 Å². The van der Waals surface area contributed by atoms with Gasteiger partial charge in [-0.2, -0.15) is 0 Å². The van der Waals surface area contributed by atoms with Crippen LogP contribution in [0.1, 0.15) is 26.2 Å². The molecule has 72 valence electrons. The summed E-state index contributed by atoms with van der Waals surface area (Å²) in [6.45, 7) is 3.04. The lowest BCUT2D eigenvalue weighted by Gasteiger charge is -2.24. The summed E-state index contributed by atoms with van der Waals surface area (Å²) in [5.41, 5.74) is 0. The van der Waals surface area contributed by atoms with Gasteiger partial charge in [0.15, 0.2) is 0 Å². The maximum Gasteiger partial charge on any atom is 0.0741 e. The van der Waals surface area contributed by atoms with E-state index in [2.05, 4.69) is 18.2 Å². The molecular formula is C11H17NO. The maximum atomic E-state index is 5.78. The van der Waals surface area contributed by atoms with Crippen LogP contribution in [-0.4, -0.2) is 24.8 Å². The second-order valence-electron chi connectivity index (χ2n) is 3.98. The molecule has 2 bridgehead atoms. The van der Waals surface area contributed by atoms with Crippen LogP contribution in [-0.2, 0) is 4.74 Å². The molecule has 0 aromatic carbocycles. The monoisotopic (exact) mass is 179 g/mol. The standard InChI is InChI=1S/C11H17NO/c1-3-10(12-4-2)9-7-8-5-6-11(9)13-8/h1,8-12H,4-7H2,2H3. The molecule has 2 heteroatoms. The highest BCUT2D eigenvalue weighted by Gasteiger charge is 2.43. The van der Waals surface area contributed by atoms with E-state index in [0.29, 0.717) is 18.1 Å². The summed E-state index contributed by atoms with van der Waals surface area (Å²) in [5.74, 6) is 3.40. The molecule has 4 atom stereocenters. The fourth-order valence-electron chi connectivity index (χ4n) is 2.58. The molecule has 13 heavy (non-hydrogen) atoms. The van der Waals surface area contributed by atoms with Crippen molar-refractivity contribution >= 4 is 0 Å². The van der Waals surface area contributed by atoms with Crippen molar-refractivity contribution in [1.82, 2.24) is 5.32 Å². The first kappa shape index (κ1) is 9.05. The third-order valence-corrected chi connectivity index (χ3v) is 3.18. The van der Waals surface area contributed by atoms with Gasteiger partial charge in [-0.05, 0) is 25.8 Å². The van der Waals surface area contributed by atoms with Crippen LogP contribution in [0.4, 0.5) is 0 Å². The molecular weight excluding hydrogens is 162 g/mol. The minimum atomic E-state index is 0.222. The van der Waals surface area contributed by atoms with Gasteiger partial charge in [0.25, 0.3) is 0 Å². The summed E-state index contributed by atoms with van der Waals surface area (Å²) in [7, 11) is 0. The van der Waals surface area contributed by atoms with E-state index in [1.165, 1.54) is 12.8 Å². The summed E-state index contributed by atoms with van der Waals surface area (Å²) in [6.07, 6.45) is 10.0. The molecule has 0 radical (unpaired) electrons. The zero-order valence-electron chi connectivity index (χ0n) is 8.12. The second-order valence-corrected chi connectivity index (χ2v) is 3.98. The van der Waals surface area contributed by atoms with Crippen LogP contribution in [0.3, 0.4) is 0 Å². The first-order valence-electron chi connectivity index (χ1n) is 5.20. The predicted octanol–water partition coefficient (Wildman–Crippen LogP) is 1.17. The van der Waals surface area contributed by atoms with E-state index in [-0.39, 0.29) is 6.04 Å². The van der Waals surface area contributed by atoms with Crippen LogP contribution < -0.4 is 5.32 Å². The Hall–Kier alpha value is -0.520. The SMILES string of the molecule is C#CC(NCC)C1CC2CCC1O2. The van der Waals surface area contributed by atoms with Gasteiger partial charge in [-0.1, -0.05) is 12.8 Å². The average molecular weight is 179 g/mol. The van der Waals surface area contributed by atoms with Crippen LogP contribution >= 0.6 is 0 Å². The van der Waals surface area contributed by atoms with Crippen molar-refractivity contribution in [3.05, 3.63) is 0 Å². The Morgan fingerprint density at radius 3 is 2.92 bits per heavy atom. The zero-order valence-corrected chi connectivity index (χ0v) is 8.12. The molecule has 0 amide bonds. The van der Waals surface area contributed by atoms with Crippen molar-refractivity contribution in [2.24, 2.45) is 5.92 Å². The summed E-state index contributed by atoms with van der Waals surface area (Å²) in [4.78, 5) is 0. The van der Waals surface area contributed by atoms with Crippen LogP contribution in [0.2, 0.25) is 0 Å². The van der Waals surface area contributed by atoms with E-state index in [9.17, 15) is 0 Å². The normalized spacial score (nSPS) is 38.9. The van der Waals surface area contributed by atoms with Crippen molar-refractivity contribution in [3.63, 3.8) is 0 Å². The van der Waals surface area contributed by atoms with Gasteiger partial charge in [-0.3, -0.25) is 0 Å². The Morgan fingerprint density at radius 1 is 1.62 bits per heavy atom. The smallest absolute Gasteiger partial charge is 0.0741 e. The van der Waals surface area contributed by atoms with Crippen LogP contribution in [0.5, 0.6) is 0 Å². The van der Waals surface area contributed by atoms with E-state index in [0.717, 1.165) is 13.0 Å². The average Bonchev–Trinajstić information content (AvgIpc) is 2.74. The number of hydrogen-bond acceptors (Lipinski definition) is 2. The van der Waals surface area contributed by atoms with Gasteiger partial charge < -0.3 is 10.1 Å². The van der Waals surface area contributed by atoms with Gasteiger partial charge in [-0.25, -0.2) is 0 Å². The number of nitrogens with one attached hydrogen (secondary N) is 1. The Kier molecular flexibility index (Phi) is 2.57. The van der Waals surface area contributed by atoms with E-state index < -0.39 is 0 Å². The van der Waals surface area contributed by atoms with Gasteiger partial charge >= 0.3 is 0 Å². The molecule has 0 spiro atoms. The summed E-state index contributed by atoms with van der Waals surface area (Å²) in [6, 6.07) is 0.222. The molecule has 0 aromatic rings. The molecule has 2 fully saturated rings. The fraction of sp³-hybridized carbons (Fsp3) is 0.818. The molecule has 0 aliphatic carbocycles. The second kappa shape index (κ2) is 3.69. The number of rotatable bonds is 3. The molecule has 2 saturated heterocycles. The van der Waals surface area contributed by atoms with E-state index in [1.807, 2.05) is 0 Å². The topological polar surface area (TPSA) is 21.3 Å². The molecule has 2 aliphatic heterocycles. The van der Waals surface area contributed by atoms with Gasteiger partial charge in [0.1, 0.15) is 0 Å². The van der Waals surface area contributed by atoms with E-state index in [1.54, 1.807) is 0 Å². The largest absolute Gasteiger partial charge is 0.375 e. The molecule has 2 aliphatic rings. The highest BCUT2D eigenvalue weighted by atomic mass is 16.5.